The molecule has 102 valence electrons. The largest absolute Gasteiger partial charge is 0.331 e. The van der Waals surface area contributed by atoms with Gasteiger partial charge in [0.1, 0.15) is 5.82 Å². The van der Waals surface area contributed by atoms with Crippen LogP contribution in [0.2, 0.25) is 0 Å². The van der Waals surface area contributed by atoms with Crippen LogP contribution >= 0.6 is 28.1 Å². The van der Waals surface area contributed by atoms with Crippen molar-refractivity contribution >= 4 is 39.2 Å². The summed E-state index contributed by atoms with van der Waals surface area (Å²) in [5, 5.41) is 0. The molecule has 0 aliphatic carbocycles. The number of fused-ring (bicyclic) bond motifs is 1. The van der Waals surface area contributed by atoms with Crippen molar-refractivity contribution in [3.8, 4) is 0 Å². The summed E-state index contributed by atoms with van der Waals surface area (Å²) < 4.78 is 17.0. The number of aromatic amines is 1. The third-order valence-corrected chi connectivity index (χ3v) is 4.63. The SMILES string of the molecule is CN1CCCC(n2c(=S)[nH]c3cc(Br)c(F)cc32)C1. The Bertz CT molecular complexity index is 678. The lowest BCUT2D eigenvalue weighted by atomic mass is 10.1. The molecule has 2 heterocycles. The normalized spacial score (nSPS) is 21.1. The van der Waals surface area contributed by atoms with E-state index in [1.807, 2.05) is 0 Å². The molecule has 2 aromatic rings. The van der Waals surface area contributed by atoms with Crippen molar-refractivity contribution in [1.29, 1.82) is 0 Å². The Balaban J connectivity index is 2.14. The molecule has 19 heavy (non-hydrogen) atoms. The third-order valence-electron chi connectivity index (χ3n) is 3.72. The second-order valence-corrected chi connectivity index (χ2v) is 6.38. The number of H-pyrrole nitrogens is 1. The Labute approximate surface area is 124 Å². The minimum Gasteiger partial charge on any atom is -0.331 e. The summed E-state index contributed by atoms with van der Waals surface area (Å²) in [6.45, 7) is 2.07. The number of aromatic nitrogens is 2. The maximum atomic E-state index is 13.8. The fraction of sp³-hybridized carbons (Fsp3) is 0.462. The fourth-order valence-electron chi connectivity index (χ4n) is 2.83. The van der Waals surface area contributed by atoms with Crippen LogP contribution in [0.15, 0.2) is 16.6 Å². The predicted molar refractivity (Wildman–Crippen MR) is 80.5 cm³/mol. The number of likely N-dealkylation sites (N-methyl/N-ethyl adjacent to an activating group) is 1. The maximum absolute atomic E-state index is 13.8. The Kier molecular flexibility index (Phi) is 3.49. The summed E-state index contributed by atoms with van der Waals surface area (Å²) in [4.78, 5) is 5.47. The van der Waals surface area contributed by atoms with E-state index < -0.39 is 0 Å². The average Bonchev–Trinajstić information content (AvgIpc) is 2.65. The van der Waals surface area contributed by atoms with E-state index in [-0.39, 0.29) is 5.82 Å². The number of hydrogen-bond donors (Lipinski definition) is 1. The molecular formula is C13H15BrFN3S. The molecule has 1 N–H and O–H groups in total. The highest BCUT2D eigenvalue weighted by molar-refractivity contribution is 9.10. The first-order chi connectivity index (χ1) is 9.06. The number of nitrogens with zero attached hydrogens (tertiary/aromatic N) is 2. The van der Waals surface area contributed by atoms with Crippen molar-refractivity contribution in [2.75, 3.05) is 20.1 Å². The van der Waals surface area contributed by atoms with Gasteiger partial charge in [0.25, 0.3) is 0 Å². The second kappa shape index (κ2) is 5.00. The van der Waals surface area contributed by atoms with Gasteiger partial charge in [0.05, 0.1) is 15.5 Å². The lowest BCUT2D eigenvalue weighted by Crippen LogP contribution is -2.33. The molecule has 3 rings (SSSR count). The standard InChI is InChI=1S/C13H15BrFN3S/c1-17-4-2-3-8(7-17)18-12-6-10(15)9(14)5-11(12)16-13(18)19/h5-6,8H,2-4,7H2,1H3,(H,16,19). The molecule has 1 unspecified atom stereocenters. The van der Waals surface area contributed by atoms with Gasteiger partial charge in [0.2, 0.25) is 0 Å². The van der Waals surface area contributed by atoms with Crippen molar-refractivity contribution in [1.82, 2.24) is 14.5 Å². The van der Waals surface area contributed by atoms with Gasteiger partial charge in [0, 0.05) is 18.7 Å². The molecule has 1 aromatic carbocycles. The van der Waals surface area contributed by atoms with Gasteiger partial charge in [-0.1, -0.05) is 0 Å². The topological polar surface area (TPSA) is 24.0 Å². The smallest absolute Gasteiger partial charge is 0.178 e. The number of imidazole rings is 1. The van der Waals surface area contributed by atoms with Crippen LogP contribution in [0.1, 0.15) is 18.9 Å². The number of likely N-dealkylation sites (tertiary alicyclic amines) is 1. The van der Waals surface area contributed by atoms with Crippen LogP contribution in [0.25, 0.3) is 11.0 Å². The van der Waals surface area contributed by atoms with Crippen molar-refractivity contribution in [3.63, 3.8) is 0 Å². The summed E-state index contributed by atoms with van der Waals surface area (Å²) in [5.41, 5.74) is 1.73. The first-order valence-corrected chi connectivity index (χ1v) is 7.54. The monoisotopic (exact) mass is 343 g/mol. The molecule has 6 heteroatoms. The number of hydrogen-bond acceptors (Lipinski definition) is 2. The van der Waals surface area contributed by atoms with Gasteiger partial charge in [0.15, 0.2) is 4.77 Å². The molecule has 1 fully saturated rings. The van der Waals surface area contributed by atoms with E-state index in [9.17, 15) is 4.39 Å². The second-order valence-electron chi connectivity index (χ2n) is 5.14. The van der Waals surface area contributed by atoms with E-state index in [0.717, 1.165) is 37.0 Å². The minimum absolute atomic E-state index is 0.251. The van der Waals surface area contributed by atoms with Crippen LogP contribution in [0, 0.1) is 10.6 Å². The summed E-state index contributed by atoms with van der Waals surface area (Å²) in [6.07, 6.45) is 2.23. The zero-order valence-electron chi connectivity index (χ0n) is 10.6. The fourth-order valence-corrected chi connectivity index (χ4v) is 3.53. The Hall–Kier alpha value is -0.720. The van der Waals surface area contributed by atoms with Gasteiger partial charge >= 0.3 is 0 Å². The van der Waals surface area contributed by atoms with E-state index in [4.69, 9.17) is 12.2 Å². The van der Waals surface area contributed by atoms with Crippen LogP contribution in [-0.2, 0) is 0 Å². The summed E-state index contributed by atoms with van der Waals surface area (Å²) in [7, 11) is 2.11. The van der Waals surface area contributed by atoms with Crippen LogP contribution in [0.5, 0.6) is 0 Å². The molecule has 0 bridgehead atoms. The van der Waals surface area contributed by atoms with Gasteiger partial charge in [-0.2, -0.15) is 0 Å². The molecule has 1 atom stereocenters. The van der Waals surface area contributed by atoms with Gasteiger partial charge < -0.3 is 14.5 Å². The molecule has 3 nitrogen and oxygen atoms in total. The number of benzene rings is 1. The highest BCUT2D eigenvalue weighted by Gasteiger charge is 2.21. The lowest BCUT2D eigenvalue weighted by molar-refractivity contribution is 0.214. The van der Waals surface area contributed by atoms with Gasteiger partial charge in [-0.05, 0) is 60.6 Å². The third kappa shape index (κ3) is 2.37. The van der Waals surface area contributed by atoms with Crippen molar-refractivity contribution in [2.24, 2.45) is 0 Å². The average molecular weight is 344 g/mol. The molecular weight excluding hydrogens is 329 g/mol. The van der Waals surface area contributed by atoms with Crippen LogP contribution in [-0.4, -0.2) is 34.6 Å². The zero-order chi connectivity index (χ0) is 13.6. The number of piperidine rings is 1. The van der Waals surface area contributed by atoms with Gasteiger partial charge in [-0.3, -0.25) is 0 Å². The van der Waals surface area contributed by atoms with Crippen molar-refractivity contribution in [3.05, 3.63) is 27.2 Å². The summed E-state index contributed by atoms with van der Waals surface area (Å²) >= 11 is 8.62. The van der Waals surface area contributed by atoms with Crippen LogP contribution in [0.3, 0.4) is 0 Å². The van der Waals surface area contributed by atoms with Crippen molar-refractivity contribution in [2.45, 2.75) is 18.9 Å². The van der Waals surface area contributed by atoms with Gasteiger partial charge in [-0.15, -0.1) is 0 Å². The Morgan fingerprint density at radius 2 is 2.26 bits per heavy atom. The molecule has 1 aromatic heterocycles. The van der Waals surface area contributed by atoms with Crippen LogP contribution in [0.4, 0.5) is 4.39 Å². The Morgan fingerprint density at radius 1 is 1.47 bits per heavy atom. The number of nitrogens with one attached hydrogen (secondary N) is 1. The summed E-state index contributed by atoms with van der Waals surface area (Å²) in [5.74, 6) is -0.251. The number of halogens is 2. The first-order valence-electron chi connectivity index (χ1n) is 6.34. The first kappa shape index (κ1) is 13.3. The van der Waals surface area contributed by atoms with Crippen molar-refractivity contribution < 1.29 is 4.39 Å². The molecule has 0 radical (unpaired) electrons. The van der Waals surface area contributed by atoms with E-state index in [0.29, 0.717) is 15.3 Å². The van der Waals surface area contributed by atoms with E-state index in [1.54, 1.807) is 12.1 Å². The van der Waals surface area contributed by atoms with E-state index in [1.165, 1.54) is 0 Å². The van der Waals surface area contributed by atoms with E-state index >= 15 is 0 Å². The molecule has 1 saturated heterocycles. The van der Waals surface area contributed by atoms with Gasteiger partial charge in [-0.25, -0.2) is 4.39 Å². The molecule has 1 aliphatic rings. The zero-order valence-corrected chi connectivity index (χ0v) is 13.0. The minimum atomic E-state index is -0.251. The molecule has 0 saturated carbocycles. The highest BCUT2D eigenvalue weighted by atomic mass is 79.9. The number of rotatable bonds is 1. The predicted octanol–water partition coefficient (Wildman–Crippen LogP) is 3.87. The highest BCUT2D eigenvalue weighted by Crippen LogP contribution is 2.29. The molecule has 1 aliphatic heterocycles. The lowest BCUT2D eigenvalue weighted by Gasteiger charge is -2.30. The molecule has 0 spiro atoms. The van der Waals surface area contributed by atoms with E-state index in [2.05, 4.69) is 37.4 Å². The summed E-state index contributed by atoms with van der Waals surface area (Å²) in [6, 6.07) is 3.63. The van der Waals surface area contributed by atoms with Crippen LogP contribution < -0.4 is 0 Å². The molecule has 0 amide bonds. The maximum Gasteiger partial charge on any atom is 0.178 e. The quantitative estimate of drug-likeness (QED) is 0.794. The Morgan fingerprint density at radius 3 is 3.00 bits per heavy atom.